The Morgan fingerprint density at radius 1 is 1.37 bits per heavy atom. The Morgan fingerprint density at radius 2 is 2.05 bits per heavy atom. The van der Waals surface area contributed by atoms with Gasteiger partial charge in [-0.1, -0.05) is 31.6 Å². The largest absolute Gasteiger partial charge is 0.458 e. The fourth-order valence-electron chi connectivity index (χ4n) is 3.38. The van der Waals surface area contributed by atoms with Gasteiger partial charge in [0.05, 0.1) is 0 Å². The third-order valence-electron chi connectivity index (χ3n) is 4.93. The monoisotopic (exact) mass is 262 g/mol. The highest BCUT2D eigenvalue weighted by atomic mass is 16.5. The normalized spacial score (nSPS) is 36.4. The summed E-state index contributed by atoms with van der Waals surface area (Å²) >= 11 is 0. The predicted molar refractivity (Wildman–Crippen MR) is 77.7 cm³/mol. The number of carbonyl (C=O) groups excluding carboxylic acids is 1. The average Bonchev–Trinajstić information content (AvgIpc) is 2.81. The molecule has 0 saturated heterocycles. The molecular weight excluding hydrogens is 236 g/mol. The van der Waals surface area contributed by atoms with Crippen molar-refractivity contribution in [1.82, 2.24) is 0 Å². The lowest BCUT2D eigenvalue weighted by Crippen LogP contribution is -2.17. The zero-order chi connectivity index (χ0) is 14.2. The van der Waals surface area contributed by atoms with E-state index in [0.717, 1.165) is 12.3 Å². The van der Waals surface area contributed by atoms with Crippen LogP contribution in [0.2, 0.25) is 0 Å². The highest BCUT2D eigenvalue weighted by Crippen LogP contribution is 2.61. The summed E-state index contributed by atoms with van der Waals surface area (Å²) in [5.74, 6) is 1.24. The maximum absolute atomic E-state index is 11.2. The van der Waals surface area contributed by atoms with E-state index in [1.54, 1.807) is 0 Å². The van der Waals surface area contributed by atoms with E-state index in [-0.39, 0.29) is 12.1 Å². The van der Waals surface area contributed by atoms with Crippen LogP contribution in [0.15, 0.2) is 23.3 Å². The van der Waals surface area contributed by atoms with Gasteiger partial charge in [0.2, 0.25) is 0 Å². The van der Waals surface area contributed by atoms with Gasteiger partial charge >= 0.3 is 5.97 Å². The molecule has 0 heterocycles. The van der Waals surface area contributed by atoms with Gasteiger partial charge in [0.25, 0.3) is 0 Å². The second-order valence-electron chi connectivity index (χ2n) is 6.79. The molecule has 2 aliphatic rings. The average molecular weight is 262 g/mol. The Bertz CT molecular complexity index is 429. The van der Waals surface area contributed by atoms with Crippen molar-refractivity contribution >= 4 is 5.97 Å². The van der Waals surface area contributed by atoms with E-state index in [9.17, 15) is 4.79 Å². The lowest BCUT2D eigenvalue weighted by molar-refractivity contribution is -0.144. The van der Waals surface area contributed by atoms with Gasteiger partial charge in [-0.15, -0.1) is 0 Å². The topological polar surface area (TPSA) is 26.3 Å². The van der Waals surface area contributed by atoms with Gasteiger partial charge in [0.1, 0.15) is 6.10 Å². The molecule has 0 bridgehead atoms. The molecule has 0 aromatic heterocycles. The fourth-order valence-corrected chi connectivity index (χ4v) is 3.38. The van der Waals surface area contributed by atoms with E-state index in [1.807, 2.05) is 0 Å². The van der Waals surface area contributed by atoms with Crippen LogP contribution in [0.4, 0.5) is 0 Å². The molecule has 106 valence electrons. The van der Waals surface area contributed by atoms with Crippen LogP contribution >= 0.6 is 0 Å². The first-order chi connectivity index (χ1) is 8.82. The molecule has 0 amide bonds. The van der Waals surface area contributed by atoms with Crippen LogP contribution in [0.3, 0.4) is 0 Å². The van der Waals surface area contributed by atoms with Crippen LogP contribution < -0.4 is 0 Å². The minimum Gasteiger partial charge on any atom is -0.458 e. The predicted octanol–water partition coefficient (Wildman–Crippen LogP) is 4.27. The summed E-state index contributed by atoms with van der Waals surface area (Å²) in [6, 6.07) is 0. The summed E-state index contributed by atoms with van der Waals surface area (Å²) in [6.07, 6.45) is 7.77. The first-order valence-corrected chi connectivity index (χ1v) is 7.33. The standard InChI is InChI=1S/C17H26O2/c1-11-6-8-14-15(17(14,4)5)10-12(2)16(9-7-11)19-13(3)18/h7,10,14-16H,6,8-9H2,1-5H3/b11-7+,12-10?/t14-,15+,16+/m0/s1. The Balaban J connectivity index is 2.22. The number of carbonyl (C=O) groups is 1. The third-order valence-corrected chi connectivity index (χ3v) is 4.93. The summed E-state index contributed by atoms with van der Waals surface area (Å²) in [5, 5.41) is 0. The van der Waals surface area contributed by atoms with Crippen molar-refractivity contribution in [3.63, 3.8) is 0 Å². The maximum Gasteiger partial charge on any atom is 0.303 e. The molecule has 0 unspecified atom stereocenters. The van der Waals surface area contributed by atoms with Gasteiger partial charge in [-0.2, -0.15) is 0 Å². The van der Waals surface area contributed by atoms with Gasteiger partial charge in [0.15, 0.2) is 0 Å². The SMILES string of the molecule is CC(=O)O[C@@H]1C/C=C(\C)CC[C@H]2[C@@H](C=C1C)C2(C)C. The molecule has 0 spiro atoms. The molecule has 0 aliphatic heterocycles. The van der Waals surface area contributed by atoms with Gasteiger partial charge in [-0.3, -0.25) is 4.79 Å². The Kier molecular flexibility index (Phi) is 3.89. The zero-order valence-electron chi connectivity index (χ0n) is 12.8. The first kappa shape index (κ1) is 14.4. The van der Waals surface area contributed by atoms with E-state index in [2.05, 4.69) is 39.8 Å². The van der Waals surface area contributed by atoms with E-state index in [1.165, 1.54) is 30.9 Å². The number of rotatable bonds is 1. The van der Waals surface area contributed by atoms with Crippen LogP contribution in [0.1, 0.15) is 53.9 Å². The summed E-state index contributed by atoms with van der Waals surface area (Å²) in [7, 11) is 0. The summed E-state index contributed by atoms with van der Waals surface area (Å²) in [6.45, 7) is 10.5. The molecule has 0 aromatic carbocycles. The summed E-state index contributed by atoms with van der Waals surface area (Å²) in [5.41, 5.74) is 3.04. The molecule has 2 heteroatoms. The molecule has 1 saturated carbocycles. The highest BCUT2D eigenvalue weighted by Gasteiger charge is 2.55. The van der Waals surface area contributed by atoms with Crippen LogP contribution in [0.25, 0.3) is 0 Å². The van der Waals surface area contributed by atoms with Crippen LogP contribution in [-0.2, 0) is 9.53 Å². The second kappa shape index (κ2) is 5.15. The van der Waals surface area contributed by atoms with Crippen molar-refractivity contribution in [3.05, 3.63) is 23.3 Å². The number of esters is 1. The highest BCUT2D eigenvalue weighted by molar-refractivity contribution is 5.66. The first-order valence-electron chi connectivity index (χ1n) is 7.33. The van der Waals surface area contributed by atoms with Crippen molar-refractivity contribution < 1.29 is 9.53 Å². The number of hydrogen-bond acceptors (Lipinski definition) is 2. The van der Waals surface area contributed by atoms with Crippen molar-refractivity contribution in [1.29, 1.82) is 0 Å². The Hall–Kier alpha value is -1.05. The minimum atomic E-state index is -0.188. The number of hydrogen-bond donors (Lipinski definition) is 0. The second-order valence-corrected chi connectivity index (χ2v) is 6.79. The third kappa shape index (κ3) is 3.10. The smallest absolute Gasteiger partial charge is 0.303 e. The van der Waals surface area contributed by atoms with Gasteiger partial charge in [0, 0.05) is 13.3 Å². The fraction of sp³-hybridized carbons (Fsp3) is 0.706. The van der Waals surface area contributed by atoms with E-state index in [0.29, 0.717) is 11.3 Å². The molecule has 3 atom stereocenters. The molecule has 1 fully saturated rings. The molecule has 2 aliphatic carbocycles. The quantitative estimate of drug-likeness (QED) is 0.521. The number of fused-ring (bicyclic) bond motifs is 1. The van der Waals surface area contributed by atoms with Crippen LogP contribution in [0.5, 0.6) is 0 Å². The Morgan fingerprint density at radius 3 is 2.68 bits per heavy atom. The van der Waals surface area contributed by atoms with Crippen molar-refractivity contribution in [2.45, 2.75) is 60.0 Å². The Labute approximate surface area is 116 Å². The van der Waals surface area contributed by atoms with E-state index in [4.69, 9.17) is 4.74 Å². The molecular formula is C17H26O2. The number of ether oxygens (including phenoxy) is 1. The molecule has 2 nitrogen and oxygen atoms in total. The van der Waals surface area contributed by atoms with Gasteiger partial charge < -0.3 is 4.74 Å². The van der Waals surface area contributed by atoms with E-state index >= 15 is 0 Å². The zero-order valence-corrected chi connectivity index (χ0v) is 12.8. The summed E-state index contributed by atoms with van der Waals surface area (Å²) < 4.78 is 5.47. The van der Waals surface area contributed by atoms with Gasteiger partial charge in [-0.25, -0.2) is 0 Å². The molecule has 0 radical (unpaired) electrons. The number of allylic oxidation sites excluding steroid dienone is 2. The molecule has 2 rings (SSSR count). The van der Waals surface area contributed by atoms with E-state index < -0.39 is 0 Å². The maximum atomic E-state index is 11.2. The van der Waals surface area contributed by atoms with Crippen LogP contribution in [-0.4, -0.2) is 12.1 Å². The van der Waals surface area contributed by atoms with Crippen molar-refractivity contribution in [2.75, 3.05) is 0 Å². The molecule has 0 N–H and O–H groups in total. The molecule has 0 aromatic rings. The van der Waals surface area contributed by atoms with Crippen LogP contribution in [0, 0.1) is 17.3 Å². The minimum absolute atomic E-state index is 0.0809. The molecule has 19 heavy (non-hydrogen) atoms. The lowest BCUT2D eigenvalue weighted by atomic mass is 9.99. The van der Waals surface area contributed by atoms with Crippen molar-refractivity contribution in [2.24, 2.45) is 17.3 Å². The van der Waals surface area contributed by atoms with Crippen molar-refractivity contribution in [3.8, 4) is 0 Å². The summed E-state index contributed by atoms with van der Waals surface area (Å²) in [4.78, 5) is 11.2. The lowest BCUT2D eigenvalue weighted by Gasteiger charge is -2.18. The van der Waals surface area contributed by atoms with Gasteiger partial charge in [-0.05, 0) is 49.5 Å².